The second kappa shape index (κ2) is 5.13. The van der Waals surface area contributed by atoms with E-state index in [9.17, 15) is 9.90 Å². The highest BCUT2D eigenvalue weighted by molar-refractivity contribution is 5.84. The van der Waals surface area contributed by atoms with Crippen molar-refractivity contribution in [3.05, 3.63) is 35.4 Å². The summed E-state index contributed by atoms with van der Waals surface area (Å²) in [5.74, 6) is 1.27. The van der Waals surface area contributed by atoms with Gasteiger partial charge in [-0.1, -0.05) is 37.1 Å². The van der Waals surface area contributed by atoms with Gasteiger partial charge in [-0.15, -0.1) is 0 Å². The Morgan fingerprint density at radius 1 is 1.14 bits per heavy atom. The van der Waals surface area contributed by atoms with E-state index >= 15 is 0 Å². The molecule has 3 aliphatic carbocycles. The van der Waals surface area contributed by atoms with Crippen LogP contribution in [0.4, 0.5) is 0 Å². The SMILES string of the molecule is O=C(N[C@H]1CCCC[C@@H]1O)C1C2CCc3ccccc3C21. The van der Waals surface area contributed by atoms with Crippen LogP contribution >= 0.6 is 0 Å². The van der Waals surface area contributed by atoms with Crippen molar-refractivity contribution in [2.45, 2.75) is 56.6 Å². The van der Waals surface area contributed by atoms with Crippen LogP contribution < -0.4 is 5.32 Å². The fraction of sp³-hybridized carbons (Fsp3) is 0.611. The fourth-order valence-corrected chi connectivity index (χ4v) is 4.48. The third-order valence-electron chi connectivity index (χ3n) is 5.69. The molecule has 0 spiro atoms. The number of aryl methyl sites for hydroxylation is 1. The lowest BCUT2D eigenvalue weighted by Crippen LogP contribution is -2.45. The van der Waals surface area contributed by atoms with E-state index in [0.717, 1.165) is 38.5 Å². The zero-order valence-corrected chi connectivity index (χ0v) is 12.3. The van der Waals surface area contributed by atoms with Crippen LogP contribution in [0.5, 0.6) is 0 Å². The Morgan fingerprint density at radius 2 is 1.95 bits per heavy atom. The van der Waals surface area contributed by atoms with E-state index in [0.29, 0.717) is 11.8 Å². The molecule has 2 saturated carbocycles. The number of rotatable bonds is 2. The van der Waals surface area contributed by atoms with Crippen LogP contribution in [0.25, 0.3) is 0 Å². The van der Waals surface area contributed by atoms with Crippen LogP contribution in [-0.2, 0) is 11.2 Å². The molecular weight excluding hydrogens is 262 g/mol. The van der Waals surface area contributed by atoms with E-state index in [-0.39, 0.29) is 24.0 Å². The zero-order chi connectivity index (χ0) is 14.4. The van der Waals surface area contributed by atoms with Gasteiger partial charge in [0.15, 0.2) is 0 Å². The smallest absolute Gasteiger partial charge is 0.224 e. The number of fused-ring (bicyclic) bond motifs is 3. The molecule has 2 fully saturated rings. The molecule has 0 heterocycles. The number of aliphatic hydroxyl groups is 1. The Bertz CT molecular complexity index is 556. The Labute approximate surface area is 125 Å². The van der Waals surface area contributed by atoms with Crippen LogP contribution in [0, 0.1) is 11.8 Å². The van der Waals surface area contributed by atoms with Gasteiger partial charge in [-0.05, 0) is 48.6 Å². The highest BCUT2D eigenvalue weighted by Gasteiger charge is 2.57. The van der Waals surface area contributed by atoms with E-state index in [1.54, 1.807) is 0 Å². The number of amides is 1. The molecule has 2 N–H and O–H groups in total. The first-order valence-corrected chi connectivity index (χ1v) is 8.32. The number of benzene rings is 1. The normalized spacial score (nSPS) is 37.3. The number of carbonyl (C=O) groups excluding carboxylic acids is 1. The number of nitrogens with one attached hydrogen (secondary N) is 1. The Morgan fingerprint density at radius 3 is 2.81 bits per heavy atom. The molecule has 0 aliphatic heterocycles. The first-order valence-electron chi connectivity index (χ1n) is 8.32. The van der Waals surface area contributed by atoms with Gasteiger partial charge >= 0.3 is 0 Å². The van der Waals surface area contributed by atoms with E-state index in [2.05, 4.69) is 29.6 Å². The second-order valence-corrected chi connectivity index (χ2v) is 6.92. The van der Waals surface area contributed by atoms with Gasteiger partial charge in [0, 0.05) is 5.92 Å². The molecule has 0 bridgehead atoms. The zero-order valence-electron chi connectivity index (χ0n) is 12.3. The molecule has 21 heavy (non-hydrogen) atoms. The van der Waals surface area contributed by atoms with E-state index in [1.807, 2.05) is 0 Å². The molecule has 5 atom stereocenters. The molecule has 1 aromatic carbocycles. The third-order valence-corrected chi connectivity index (χ3v) is 5.69. The van der Waals surface area contributed by atoms with Crippen LogP contribution in [-0.4, -0.2) is 23.2 Å². The number of hydrogen-bond acceptors (Lipinski definition) is 2. The summed E-state index contributed by atoms with van der Waals surface area (Å²) in [7, 11) is 0. The maximum absolute atomic E-state index is 12.6. The minimum absolute atomic E-state index is 0.0239. The maximum Gasteiger partial charge on any atom is 0.224 e. The summed E-state index contributed by atoms with van der Waals surface area (Å²) in [6.45, 7) is 0. The monoisotopic (exact) mass is 285 g/mol. The number of carbonyl (C=O) groups is 1. The van der Waals surface area contributed by atoms with E-state index in [4.69, 9.17) is 0 Å². The lowest BCUT2D eigenvalue weighted by Gasteiger charge is -2.28. The molecule has 1 amide bonds. The summed E-state index contributed by atoms with van der Waals surface area (Å²) in [6.07, 6.45) is 5.82. The van der Waals surface area contributed by atoms with E-state index < -0.39 is 0 Å². The Balaban J connectivity index is 1.46. The van der Waals surface area contributed by atoms with Gasteiger partial charge in [-0.3, -0.25) is 4.79 Å². The largest absolute Gasteiger partial charge is 0.391 e. The summed E-state index contributed by atoms with van der Waals surface area (Å²) in [4.78, 5) is 12.6. The molecule has 0 radical (unpaired) electrons. The Kier molecular flexibility index (Phi) is 3.26. The van der Waals surface area contributed by atoms with Crippen LogP contribution in [0.2, 0.25) is 0 Å². The van der Waals surface area contributed by atoms with Gasteiger partial charge in [0.1, 0.15) is 0 Å². The summed E-state index contributed by atoms with van der Waals surface area (Å²) < 4.78 is 0. The summed E-state index contributed by atoms with van der Waals surface area (Å²) in [5.41, 5.74) is 2.81. The minimum Gasteiger partial charge on any atom is -0.391 e. The average molecular weight is 285 g/mol. The summed E-state index contributed by atoms with van der Waals surface area (Å²) in [5, 5.41) is 13.2. The van der Waals surface area contributed by atoms with Crippen molar-refractivity contribution in [1.82, 2.24) is 5.32 Å². The molecule has 3 unspecified atom stereocenters. The van der Waals surface area contributed by atoms with Gasteiger partial charge in [0.25, 0.3) is 0 Å². The predicted molar refractivity (Wildman–Crippen MR) is 80.9 cm³/mol. The minimum atomic E-state index is -0.351. The number of aliphatic hydroxyl groups excluding tert-OH is 1. The van der Waals surface area contributed by atoms with Crippen molar-refractivity contribution in [1.29, 1.82) is 0 Å². The Hall–Kier alpha value is -1.35. The van der Waals surface area contributed by atoms with Crippen molar-refractivity contribution in [3.63, 3.8) is 0 Å². The highest BCUT2D eigenvalue weighted by Crippen LogP contribution is 2.59. The first kappa shape index (κ1) is 13.3. The van der Waals surface area contributed by atoms with Crippen molar-refractivity contribution in [3.8, 4) is 0 Å². The van der Waals surface area contributed by atoms with Crippen LogP contribution in [0.15, 0.2) is 24.3 Å². The average Bonchev–Trinajstić information content (AvgIpc) is 3.24. The third kappa shape index (κ3) is 2.28. The fourth-order valence-electron chi connectivity index (χ4n) is 4.48. The van der Waals surface area contributed by atoms with Gasteiger partial charge in [-0.2, -0.15) is 0 Å². The van der Waals surface area contributed by atoms with Crippen molar-refractivity contribution >= 4 is 5.91 Å². The molecule has 3 heteroatoms. The number of hydrogen-bond donors (Lipinski definition) is 2. The first-order chi connectivity index (χ1) is 10.3. The summed E-state index contributed by atoms with van der Waals surface area (Å²) in [6, 6.07) is 8.54. The van der Waals surface area contributed by atoms with Crippen molar-refractivity contribution in [2.75, 3.05) is 0 Å². The van der Waals surface area contributed by atoms with Gasteiger partial charge < -0.3 is 10.4 Å². The molecule has 0 aromatic heterocycles. The van der Waals surface area contributed by atoms with Crippen molar-refractivity contribution in [2.24, 2.45) is 11.8 Å². The van der Waals surface area contributed by atoms with E-state index in [1.165, 1.54) is 11.1 Å². The topological polar surface area (TPSA) is 49.3 Å². The lowest BCUT2D eigenvalue weighted by molar-refractivity contribution is -0.124. The van der Waals surface area contributed by atoms with Gasteiger partial charge in [0.05, 0.1) is 12.1 Å². The predicted octanol–water partition coefficient (Wildman–Crippen LogP) is 2.38. The van der Waals surface area contributed by atoms with Gasteiger partial charge in [0.2, 0.25) is 5.91 Å². The standard InChI is InChI=1S/C18H23NO2/c20-15-8-4-3-7-14(15)19-18(21)17-13-10-9-11-5-1-2-6-12(11)16(13)17/h1-2,5-6,13-17,20H,3-4,7-10H2,(H,19,21)/t13?,14-,15-,16?,17?/m0/s1. The molecular formula is C18H23NO2. The van der Waals surface area contributed by atoms with Crippen LogP contribution in [0.3, 0.4) is 0 Å². The second-order valence-electron chi connectivity index (χ2n) is 6.92. The molecule has 3 aliphatic rings. The lowest BCUT2D eigenvalue weighted by atomic mass is 9.92. The molecule has 112 valence electrons. The molecule has 1 aromatic rings. The van der Waals surface area contributed by atoms with Crippen molar-refractivity contribution < 1.29 is 9.90 Å². The molecule has 3 nitrogen and oxygen atoms in total. The highest BCUT2D eigenvalue weighted by atomic mass is 16.3. The van der Waals surface area contributed by atoms with Crippen LogP contribution in [0.1, 0.15) is 49.1 Å². The molecule has 0 saturated heterocycles. The molecule has 4 rings (SSSR count). The maximum atomic E-state index is 12.6. The van der Waals surface area contributed by atoms with Gasteiger partial charge in [-0.25, -0.2) is 0 Å². The summed E-state index contributed by atoms with van der Waals surface area (Å²) >= 11 is 0. The quantitative estimate of drug-likeness (QED) is 0.876.